The molecule has 5 rings (SSSR count). The number of hydrogen-bond acceptors (Lipinski definition) is 6. The summed E-state index contributed by atoms with van der Waals surface area (Å²) >= 11 is 0. The number of benzene rings is 2. The Morgan fingerprint density at radius 3 is 2.43 bits per heavy atom. The van der Waals surface area contributed by atoms with Gasteiger partial charge < -0.3 is 15.6 Å². The summed E-state index contributed by atoms with van der Waals surface area (Å²) in [5.41, 5.74) is 18.6. The molecule has 35 heavy (non-hydrogen) atoms. The van der Waals surface area contributed by atoms with E-state index in [4.69, 9.17) is 5.73 Å². The van der Waals surface area contributed by atoms with Crippen molar-refractivity contribution in [1.29, 1.82) is 0 Å². The topological polar surface area (TPSA) is 127 Å². The number of nitrogens with one attached hydrogen (secondary N) is 3. The summed E-state index contributed by atoms with van der Waals surface area (Å²) in [7, 11) is 1.94. The number of carbonyl (C=O) groups is 2. The quantitative estimate of drug-likeness (QED) is 0.333. The molecule has 5 N–H and O–H groups in total. The average Bonchev–Trinajstić information content (AvgIpc) is 3.41. The Morgan fingerprint density at radius 1 is 1.11 bits per heavy atom. The van der Waals surface area contributed by atoms with E-state index in [0.717, 1.165) is 39.0 Å². The number of hydrazine groups is 1. The molecule has 0 radical (unpaired) electrons. The number of rotatable bonds is 5. The van der Waals surface area contributed by atoms with Gasteiger partial charge in [0.25, 0.3) is 5.91 Å². The van der Waals surface area contributed by atoms with Crippen molar-refractivity contribution in [2.24, 2.45) is 7.05 Å². The number of aromatic nitrogens is 3. The van der Waals surface area contributed by atoms with Gasteiger partial charge in [-0.3, -0.25) is 15.0 Å². The molecule has 4 aromatic rings. The highest BCUT2D eigenvalue weighted by molar-refractivity contribution is 6.08. The van der Waals surface area contributed by atoms with Gasteiger partial charge >= 0.3 is 0 Å². The molecule has 1 aliphatic heterocycles. The van der Waals surface area contributed by atoms with Gasteiger partial charge in [0.2, 0.25) is 5.91 Å². The zero-order valence-electron chi connectivity index (χ0n) is 19.4. The summed E-state index contributed by atoms with van der Waals surface area (Å²) in [5.74, 6) is 0.150. The molecule has 0 spiro atoms. The minimum atomic E-state index is -0.222. The van der Waals surface area contributed by atoms with Crippen molar-refractivity contribution in [2.75, 3.05) is 11.1 Å². The molecule has 2 aromatic carbocycles. The maximum atomic E-state index is 12.0. The lowest BCUT2D eigenvalue weighted by Crippen LogP contribution is -2.27. The monoisotopic (exact) mass is 467 g/mol. The summed E-state index contributed by atoms with van der Waals surface area (Å²) < 4.78 is 2.00. The molecular weight excluding hydrogens is 442 g/mol. The zero-order chi connectivity index (χ0) is 24.7. The first-order chi connectivity index (χ1) is 16.8. The molecular formula is C26H25N7O2. The first-order valence-corrected chi connectivity index (χ1v) is 11.1. The number of anilines is 2. The Kier molecular flexibility index (Phi) is 5.54. The molecule has 1 aliphatic rings. The minimum Gasteiger partial charge on any atom is -0.383 e. The van der Waals surface area contributed by atoms with Crippen LogP contribution in [0.25, 0.3) is 33.4 Å². The summed E-state index contributed by atoms with van der Waals surface area (Å²) in [4.78, 5) is 32.3. The Morgan fingerprint density at radius 2 is 1.80 bits per heavy atom. The fourth-order valence-electron chi connectivity index (χ4n) is 4.38. The standard InChI is InChI=1S/C26H25N7O2/c1-14(2)26(35)30-18-10-8-17(9-11-18)23-21(22-24(27)28-13-29-25(22)33(23)3)16-6-4-15(5-7-16)19-12-20(34)32-31-19/h4-11,13,19,31H,1,12H2,2-3H3,(H,30,35)(H,32,34)(H2,27,28,29). The van der Waals surface area contributed by atoms with Crippen molar-refractivity contribution >= 4 is 34.4 Å². The van der Waals surface area contributed by atoms with Crippen LogP contribution in [0.15, 0.2) is 67.0 Å². The third-order valence-electron chi connectivity index (χ3n) is 6.18. The zero-order valence-corrected chi connectivity index (χ0v) is 19.4. The smallest absolute Gasteiger partial charge is 0.250 e. The molecule has 0 saturated carbocycles. The number of nitrogens with two attached hydrogens (primary N) is 1. The highest BCUT2D eigenvalue weighted by Gasteiger charge is 2.24. The predicted octanol–water partition coefficient (Wildman–Crippen LogP) is 3.46. The molecule has 0 bridgehead atoms. The predicted molar refractivity (Wildman–Crippen MR) is 136 cm³/mol. The van der Waals surface area contributed by atoms with E-state index in [1.165, 1.54) is 6.33 Å². The van der Waals surface area contributed by atoms with E-state index in [2.05, 4.69) is 32.7 Å². The molecule has 1 unspecified atom stereocenters. The third kappa shape index (κ3) is 4.02. The third-order valence-corrected chi connectivity index (χ3v) is 6.18. The van der Waals surface area contributed by atoms with E-state index in [0.29, 0.717) is 23.5 Å². The average molecular weight is 468 g/mol. The SMILES string of the molecule is C=C(C)C(=O)Nc1ccc(-c2c(-c3ccc(C4CC(=O)NN4)cc3)c3c(N)ncnc3n2C)cc1. The number of nitrogen functional groups attached to an aromatic ring is 1. The van der Waals surface area contributed by atoms with Gasteiger partial charge in [-0.05, 0) is 35.7 Å². The van der Waals surface area contributed by atoms with Crippen LogP contribution in [0.2, 0.25) is 0 Å². The van der Waals surface area contributed by atoms with Gasteiger partial charge in [-0.2, -0.15) is 0 Å². The number of carbonyl (C=O) groups excluding carboxylic acids is 2. The van der Waals surface area contributed by atoms with E-state index in [-0.39, 0.29) is 17.9 Å². The van der Waals surface area contributed by atoms with Crippen LogP contribution in [0, 0.1) is 0 Å². The molecule has 9 nitrogen and oxygen atoms in total. The largest absolute Gasteiger partial charge is 0.383 e. The molecule has 1 saturated heterocycles. The van der Waals surface area contributed by atoms with Gasteiger partial charge in [0.05, 0.1) is 17.1 Å². The van der Waals surface area contributed by atoms with Gasteiger partial charge in [-0.25, -0.2) is 15.4 Å². The van der Waals surface area contributed by atoms with Crippen molar-refractivity contribution in [1.82, 2.24) is 25.4 Å². The van der Waals surface area contributed by atoms with Crippen molar-refractivity contribution in [3.63, 3.8) is 0 Å². The van der Waals surface area contributed by atoms with Crippen LogP contribution in [0.1, 0.15) is 24.9 Å². The van der Waals surface area contributed by atoms with Crippen LogP contribution in [0.5, 0.6) is 0 Å². The minimum absolute atomic E-state index is 0.0248. The Balaban J connectivity index is 1.61. The lowest BCUT2D eigenvalue weighted by molar-refractivity contribution is -0.119. The fourth-order valence-corrected chi connectivity index (χ4v) is 4.38. The highest BCUT2D eigenvalue weighted by Crippen LogP contribution is 2.42. The van der Waals surface area contributed by atoms with Crippen molar-refractivity contribution in [3.05, 3.63) is 72.6 Å². The maximum Gasteiger partial charge on any atom is 0.250 e. The van der Waals surface area contributed by atoms with Crippen LogP contribution in [-0.4, -0.2) is 26.3 Å². The fraction of sp³-hybridized carbons (Fsp3) is 0.154. The van der Waals surface area contributed by atoms with Gasteiger partial charge in [-0.15, -0.1) is 0 Å². The van der Waals surface area contributed by atoms with E-state index >= 15 is 0 Å². The summed E-state index contributed by atoms with van der Waals surface area (Å²) in [6.07, 6.45) is 1.86. The molecule has 3 heterocycles. The number of hydrogen-bond donors (Lipinski definition) is 4. The first kappa shape index (κ1) is 22.3. The van der Waals surface area contributed by atoms with Crippen molar-refractivity contribution in [3.8, 4) is 22.4 Å². The van der Waals surface area contributed by atoms with Crippen LogP contribution >= 0.6 is 0 Å². The van der Waals surface area contributed by atoms with Gasteiger partial charge in [0, 0.05) is 30.3 Å². The second-order valence-corrected chi connectivity index (χ2v) is 8.62. The lowest BCUT2D eigenvalue weighted by Gasteiger charge is -2.12. The number of amides is 2. The van der Waals surface area contributed by atoms with E-state index in [1.54, 1.807) is 6.92 Å². The molecule has 176 valence electrons. The molecule has 0 aliphatic carbocycles. The summed E-state index contributed by atoms with van der Waals surface area (Å²) in [5, 5.41) is 3.60. The molecule has 2 aromatic heterocycles. The number of nitrogens with zero attached hydrogens (tertiary/aromatic N) is 3. The number of aryl methyl sites for hydroxylation is 1. The van der Waals surface area contributed by atoms with Gasteiger partial charge in [0.1, 0.15) is 17.8 Å². The lowest BCUT2D eigenvalue weighted by atomic mass is 9.96. The second kappa shape index (κ2) is 8.69. The Labute approximate surface area is 202 Å². The second-order valence-electron chi connectivity index (χ2n) is 8.62. The Hall–Kier alpha value is -4.50. The van der Waals surface area contributed by atoms with Crippen molar-refractivity contribution in [2.45, 2.75) is 19.4 Å². The van der Waals surface area contributed by atoms with Crippen LogP contribution in [-0.2, 0) is 16.6 Å². The van der Waals surface area contributed by atoms with Crippen LogP contribution in [0.3, 0.4) is 0 Å². The van der Waals surface area contributed by atoms with Crippen LogP contribution < -0.4 is 21.9 Å². The Bertz CT molecular complexity index is 1470. The van der Waals surface area contributed by atoms with E-state index in [1.807, 2.05) is 60.1 Å². The molecule has 1 atom stereocenters. The number of fused-ring (bicyclic) bond motifs is 1. The first-order valence-electron chi connectivity index (χ1n) is 11.1. The van der Waals surface area contributed by atoms with Crippen LogP contribution in [0.4, 0.5) is 11.5 Å². The van der Waals surface area contributed by atoms with E-state index in [9.17, 15) is 9.59 Å². The molecule has 1 fully saturated rings. The normalized spacial score (nSPS) is 15.3. The molecule has 9 heteroatoms. The van der Waals surface area contributed by atoms with Gasteiger partial charge in [0.15, 0.2) is 0 Å². The summed E-state index contributed by atoms with van der Waals surface area (Å²) in [6.45, 7) is 5.34. The molecule has 2 amide bonds. The van der Waals surface area contributed by atoms with Gasteiger partial charge in [-0.1, -0.05) is 43.0 Å². The highest BCUT2D eigenvalue weighted by atomic mass is 16.2. The summed E-state index contributed by atoms with van der Waals surface area (Å²) in [6, 6.07) is 15.6. The van der Waals surface area contributed by atoms with E-state index < -0.39 is 0 Å². The van der Waals surface area contributed by atoms with Crippen molar-refractivity contribution < 1.29 is 9.59 Å². The maximum absolute atomic E-state index is 12.0.